The van der Waals surface area contributed by atoms with E-state index in [1.807, 2.05) is 43.3 Å². The van der Waals surface area contributed by atoms with Crippen molar-refractivity contribution in [2.75, 3.05) is 30.0 Å². The molecule has 0 radical (unpaired) electrons. The molecule has 25 heavy (non-hydrogen) atoms. The Hall–Kier alpha value is -2.37. The van der Waals surface area contributed by atoms with Gasteiger partial charge in [-0.1, -0.05) is 24.6 Å². The van der Waals surface area contributed by atoms with Crippen LogP contribution < -0.4 is 16.0 Å². The van der Waals surface area contributed by atoms with Crippen LogP contribution in [0.1, 0.15) is 35.2 Å². The van der Waals surface area contributed by atoms with Gasteiger partial charge >= 0.3 is 0 Å². The van der Waals surface area contributed by atoms with Crippen LogP contribution in [-0.2, 0) is 0 Å². The highest BCUT2D eigenvalue weighted by molar-refractivity contribution is 6.07. The van der Waals surface area contributed by atoms with E-state index >= 15 is 0 Å². The van der Waals surface area contributed by atoms with Crippen molar-refractivity contribution in [2.45, 2.75) is 26.2 Å². The summed E-state index contributed by atoms with van der Waals surface area (Å²) in [6, 6.07) is 14.9. The fraction of sp³-hybridized carbons (Fsp3) is 0.350. The minimum atomic E-state index is -0.358. The normalized spacial score (nSPS) is 10.5. The molecule has 5 heteroatoms. The molecule has 0 aliphatic heterocycles. The van der Waals surface area contributed by atoms with Gasteiger partial charge in [0, 0.05) is 23.5 Å². The number of hydrogen-bond acceptors (Lipinski definition) is 4. The van der Waals surface area contributed by atoms with Crippen molar-refractivity contribution in [3.8, 4) is 0 Å². The molecule has 0 heterocycles. The largest absolute Gasteiger partial charge is 0.385 e. The molecule has 0 saturated carbocycles. The minimum Gasteiger partial charge on any atom is -0.385 e. The Morgan fingerprint density at radius 3 is 2.52 bits per heavy atom. The molecule has 0 bridgehead atoms. The van der Waals surface area contributed by atoms with Gasteiger partial charge in [0.1, 0.15) is 6.73 Å². The number of para-hydroxylation sites is 1. The second-order valence-corrected chi connectivity index (χ2v) is 6.02. The van der Waals surface area contributed by atoms with Crippen LogP contribution in [0.5, 0.6) is 0 Å². The van der Waals surface area contributed by atoms with Crippen molar-refractivity contribution in [3.05, 3.63) is 59.7 Å². The van der Waals surface area contributed by atoms with Crippen LogP contribution in [0.15, 0.2) is 48.5 Å². The van der Waals surface area contributed by atoms with Gasteiger partial charge in [-0.2, -0.15) is 0 Å². The number of anilines is 2. The number of aliphatic hydroxyl groups excluding tert-OH is 1. The Kier molecular flexibility index (Phi) is 7.44. The van der Waals surface area contributed by atoms with Crippen LogP contribution in [0.3, 0.4) is 0 Å². The zero-order chi connectivity index (χ0) is 18.1. The van der Waals surface area contributed by atoms with Gasteiger partial charge in [0.2, 0.25) is 0 Å². The molecule has 134 valence electrons. The molecule has 0 aliphatic carbocycles. The summed E-state index contributed by atoms with van der Waals surface area (Å²) in [4.78, 5) is 14.1. The summed E-state index contributed by atoms with van der Waals surface area (Å²) >= 11 is 0. The first-order valence-corrected chi connectivity index (χ1v) is 8.69. The second kappa shape index (κ2) is 9.81. The summed E-state index contributed by atoms with van der Waals surface area (Å²) in [6.07, 6.45) is 3.23. The van der Waals surface area contributed by atoms with E-state index < -0.39 is 0 Å². The monoisotopic (exact) mass is 341 g/mol. The number of carbonyl (C=O) groups is 1. The summed E-state index contributed by atoms with van der Waals surface area (Å²) in [5.41, 5.74) is 8.64. The van der Waals surface area contributed by atoms with Gasteiger partial charge in [0.15, 0.2) is 0 Å². The molecule has 1 amide bonds. The second-order valence-electron chi connectivity index (χ2n) is 6.02. The van der Waals surface area contributed by atoms with E-state index in [1.54, 1.807) is 12.1 Å². The van der Waals surface area contributed by atoms with Crippen molar-refractivity contribution in [3.63, 3.8) is 0 Å². The number of rotatable bonds is 9. The Morgan fingerprint density at radius 2 is 1.88 bits per heavy atom. The highest BCUT2D eigenvalue weighted by Crippen LogP contribution is 2.21. The molecule has 0 aromatic heterocycles. The van der Waals surface area contributed by atoms with Gasteiger partial charge in [-0.25, -0.2) is 0 Å². The maximum atomic E-state index is 12.8. The predicted molar refractivity (Wildman–Crippen MR) is 103 cm³/mol. The molecule has 2 aromatic carbocycles. The molecule has 2 rings (SSSR count). The van der Waals surface area contributed by atoms with Crippen molar-refractivity contribution in [1.82, 2.24) is 0 Å². The van der Waals surface area contributed by atoms with Gasteiger partial charge in [0.05, 0.1) is 0 Å². The number of aryl methyl sites for hydroxylation is 1. The van der Waals surface area contributed by atoms with E-state index in [4.69, 9.17) is 5.73 Å². The fourth-order valence-corrected chi connectivity index (χ4v) is 2.71. The van der Waals surface area contributed by atoms with E-state index in [0.717, 1.165) is 43.6 Å². The summed E-state index contributed by atoms with van der Waals surface area (Å²) in [7, 11) is 0. The first-order valence-electron chi connectivity index (χ1n) is 8.69. The van der Waals surface area contributed by atoms with Gasteiger partial charge < -0.3 is 16.2 Å². The van der Waals surface area contributed by atoms with E-state index in [2.05, 4.69) is 5.32 Å². The van der Waals surface area contributed by atoms with E-state index in [1.165, 1.54) is 4.90 Å². The number of carbonyl (C=O) groups excluding carboxylic acids is 1. The lowest BCUT2D eigenvalue weighted by atomic mass is 10.1. The lowest BCUT2D eigenvalue weighted by Crippen LogP contribution is -2.32. The quantitative estimate of drug-likeness (QED) is 0.484. The van der Waals surface area contributed by atoms with Crippen molar-refractivity contribution < 1.29 is 9.90 Å². The molecule has 0 spiro atoms. The third kappa shape index (κ3) is 5.31. The Morgan fingerprint density at radius 1 is 1.12 bits per heavy atom. The molecule has 2 aromatic rings. The average molecular weight is 341 g/mol. The van der Waals surface area contributed by atoms with Gasteiger partial charge in [-0.3, -0.25) is 9.69 Å². The van der Waals surface area contributed by atoms with E-state index in [-0.39, 0.29) is 12.6 Å². The molecule has 5 nitrogen and oxygen atoms in total. The first-order chi connectivity index (χ1) is 12.2. The molecular formula is C20H27N3O2. The lowest BCUT2D eigenvalue weighted by molar-refractivity contribution is 0.0959. The zero-order valence-electron chi connectivity index (χ0n) is 14.7. The lowest BCUT2D eigenvalue weighted by Gasteiger charge is -2.21. The number of nitrogens with zero attached hydrogens (tertiary/aromatic N) is 1. The number of unbranched alkanes of at least 4 members (excludes halogenated alkanes) is 2. The third-order valence-electron chi connectivity index (χ3n) is 4.12. The molecule has 0 fully saturated rings. The molecule has 0 aliphatic rings. The third-order valence-corrected chi connectivity index (χ3v) is 4.12. The number of nitrogens with two attached hydrogens (primary N) is 1. The summed E-state index contributed by atoms with van der Waals surface area (Å²) in [5, 5.41) is 13.0. The zero-order valence-corrected chi connectivity index (χ0v) is 14.7. The topological polar surface area (TPSA) is 78.6 Å². The van der Waals surface area contributed by atoms with E-state index in [9.17, 15) is 9.90 Å². The summed E-state index contributed by atoms with van der Waals surface area (Å²) < 4.78 is 0. The molecule has 0 atom stereocenters. The molecule has 0 saturated heterocycles. The van der Waals surface area contributed by atoms with Crippen LogP contribution >= 0.6 is 0 Å². The van der Waals surface area contributed by atoms with Crippen molar-refractivity contribution >= 4 is 17.3 Å². The first kappa shape index (κ1) is 19.0. The van der Waals surface area contributed by atoms with Gasteiger partial charge in [-0.15, -0.1) is 0 Å². The Labute approximate surface area is 149 Å². The van der Waals surface area contributed by atoms with E-state index in [0.29, 0.717) is 11.3 Å². The predicted octanol–water partition coefficient (Wildman–Crippen LogP) is 3.13. The highest BCUT2D eigenvalue weighted by Gasteiger charge is 2.18. The molecule has 0 unspecified atom stereocenters. The maximum Gasteiger partial charge on any atom is 0.260 e. The smallest absolute Gasteiger partial charge is 0.260 e. The fourth-order valence-electron chi connectivity index (χ4n) is 2.71. The summed E-state index contributed by atoms with van der Waals surface area (Å²) in [6.45, 7) is 3.18. The Bertz CT molecular complexity index is 674. The maximum absolute atomic E-state index is 12.8. The van der Waals surface area contributed by atoms with Crippen LogP contribution in [-0.4, -0.2) is 30.8 Å². The van der Waals surface area contributed by atoms with Crippen molar-refractivity contribution in [2.24, 2.45) is 5.73 Å². The van der Waals surface area contributed by atoms with Crippen LogP contribution in [0.25, 0.3) is 0 Å². The number of amides is 1. The Balaban J connectivity index is 2.05. The van der Waals surface area contributed by atoms with Crippen LogP contribution in [0.2, 0.25) is 0 Å². The van der Waals surface area contributed by atoms with Crippen LogP contribution in [0, 0.1) is 6.92 Å². The number of hydrogen-bond donors (Lipinski definition) is 3. The summed E-state index contributed by atoms with van der Waals surface area (Å²) in [5.74, 6) is -0.208. The molecular weight excluding hydrogens is 314 g/mol. The molecule has 4 N–H and O–H groups in total. The van der Waals surface area contributed by atoms with Gasteiger partial charge in [0.25, 0.3) is 5.91 Å². The minimum absolute atomic E-state index is 0.208. The average Bonchev–Trinajstić information content (AvgIpc) is 2.63. The van der Waals surface area contributed by atoms with Crippen LogP contribution in [0.4, 0.5) is 11.4 Å². The SMILES string of the molecule is Cc1cc(NCCCCCN)ccc1C(=O)N(CO)c1ccccc1. The van der Waals surface area contributed by atoms with Crippen molar-refractivity contribution in [1.29, 1.82) is 0 Å². The highest BCUT2D eigenvalue weighted by atomic mass is 16.3. The number of benzene rings is 2. The van der Waals surface area contributed by atoms with Gasteiger partial charge in [-0.05, 0) is 62.2 Å². The number of nitrogens with one attached hydrogen (secondary N) is 1. The number of aliphatic hydroxyl groups is 1. The standard InChI is InChI=1S/C20H27N3O2/c1-16-14-17(22-13-7-3-6-12-21)10-11-19(16)20(25)23(15-24)18-8-4-2-5-9-18/h2,4-5,8-11,14,22,24H,3,6-7,12-13,15,21H2,1H3.